The molecule has 0 fully saturated rings. The van der Waals surface area contributed by atoms with E-state index in [0.29, 0.717) is 5.82 Å². The lowest BCUT2D eigenvalue weighted by atomic mass is 10.1. The number of hydrogen-bond acceptors (Lipinski definition) is 3. The van der Waals surface area contributed by atoms with E-state index in [-0.39, 0.29) is 11.7 Å². The van der Waals surface area contributed by atoms with E-state index in [1.807, 2.05) is 31.2 Å². The number of aromatic carboxylic acids is 1. The van der Waals surface area contributed by atoms with Gasteiger partial charge in [-0.15, -0.1) is 6.42 Å². The molecule has 2 aromatic rings. The molecule has 1 aromatic carbocycles. The van der Waals surface area contributed by atoms with E-state index in [0.717, 1.165) is 10.8 Å². The minimum absolute atomic E-state index is 0.000390. The normalized spacial score (nSPS) is 11.8. The topological polar surface area (TPSA) is 62.2 Å². The van der Waals surface area contributed by atoms with Crippen LogP contribution in [0.2, 0.25) is 0 Å². The predicted molar refractivity (Wildman–Crippen MR) is 70.6 cm³/mol. The summed E-state index contributed by atoms with van der Waals surface area (Å²) in [6.07, 6.45) is 5.31. The minimum Gasteiger partial charge on any atom is -0.477 e. The number of aromatic nitrogens is 1. The molecule has 0 bridgehead atoms. The smallest absolute Gasteiger partial charge is 0.354 e. The van der Waals surface area contributed by atoms with Crippen LogP contribution in [0.25, 0.3) is 10.8 Å². The van der Waals surface area contributed by atoms with Crippen molar-refractivity contribution in [1.82, 2.24) is 4.98 Å². The highest BCUT2D eigenvalue weighted by Gasteiger charge is 2.11. The number of nitrogens with zero attached hydrogens (tertiary/aromatic N) is 1. The Balaban J connectivity index is 2.61. The van der Waals surface area contributed by atoms with Gasteiger partial charge in [0.25, 0.3) is 0 Å². The fraction of sp³-hybridized carbons (Fsp3) is 0.143. The van der Waals surface area contributed by atoms with Gasteiger partial charge in [0.05, 0.1) is 6.04 Å². The van der Waals surface area contributed by atoms with E-state index in [1.54, 1.807) is 6.07 Å². The van der Waals surface area contributed by atoms with Crippen LogP contribution in [-0.2, 0) is 0 Å². The van der Waals surface area contributed by atoms with Crippen LogP contribution in [0.1, 0.15) is 17.4 Å². The molecule has 0 aliphatic carbocycles. The van der Waals surface area contributed by atoms with Crippen molar-refractivity contribution in [2.24, 2.45) is 0 Å². The highest BCUT2D eigenvalue weighted by molar-refractivity contribution is 5.97. The second kappa shape index (κ2) is 4.76. The Hall–Kier alpha value is -2.54. The van der Waals surface area contributed by atoms with Crippen molar-refractivity contribution in [3.63, 3.8) is 0 Å². The van der Waals surface area contributed by atoms with E-state index >= 15 is 0 Å². The van der Waals surface area contributed by atoms with Crippen LogP contribution in [0.5, 0.6) is 0 Å². The van der Waals surface area contributed by atoms with Gasteiger partial charge in [0.2, 0.25) is 0 Å². The van der Waals surface area contributed by atoms with Gasteiger partial charge in [-0.1, -0.05) is 30.2 Å². The molecule has 0 aliphatic heterocycles. The summed E-state index contributed by atoms with van der Waals surface area (Å²) >= 11 is 0. The average Bonchev–Trinajstić information content (AvgIpc) is 2.38. The number of terminal acetylenes is 1. The van der Waals surface area contributed by atoms with E-state index in [2.05, 4.69) is 16.2 Å². The molecule has 0 spiro atoms. The fourth-order valence-electron chi connectivity index (χ4n) is 1.67. The standard InChI is InChI=1S/C14H12N2O2/c1-3-9(2)15-13-11-7-5-4-6-10(11)8-12(16-13)14(17)18/h1,4-9H,2H3,(H,15,16)(H,17,18). The molecular weight excluding hydrogens is 228 g/mol. The molecule has 0 aliphatic rings. The van der Waals surface area contributed by atoms with Crippen molar-refractivity contribution in [2.45, 2.75) is 13.0 Å². The molecule has 1 unspecified atom stereocenters. The van der Waals surface area contributed by atoms with Crippen molar-refractivity contribution in [2.75, 3.05) is 5.32 Å². The van der Waals surface area contributed by atoms with Crippen LogP contribution < -0.4 is 5.32 Å². The van der Waals surface area contributed by atoms with Gasteiger partial charge < -0.3 is 10.4 Å². The molecule has 90 valence electrons. The number of carboxylic acid groups (broad SMARTS) is 1. The van der Waals surface area contributed by atoms with E-state index < -0.39 is 5.97 Å². The molecule has 2 N–H and O–H groups in total. The van der Waals surface area contributed by atoms with Crippen LogP contribution >= 0.6 is 0 Å². The predicted octanol–water partition coefficient (Wildman–Crippen LogP) is 2.37. The fourth-order valence-corrected chi connectivity index (χ4v) is 1.67. The lowest BCUT2D eigenvalue weighted by Gasteiger charge is -2.12. The van der Waals surface area contributed by atoms with Crippen molar-refractivity contribution in [3.8, 4) is 12.3 Å². The molecule has 0 radical (unpaired) electrons. The molecule has 1 atom stereocenters. The molecule has 0 saturated carbocycles. The van der Waals surface area contributed by atoms with E-state index in [9.17, 15) is 4.79 Å². The van der Waals surface area contributed by atoms with E-state index in [4.69, 9.17) is 11.5 Å². The molecule has 0 amide bonds. The van der Waals surface area contributed by atoms with Gasteiger partial charge in [-0.3, -0.25) is 0 Å². The van der Waals surface area contributed by atoms with Crippen LogP contribution in [0.3, 0.4) is 0 Å². The molecule has 4 heteroatoms. The molecule has 1 aromatic heterocycles. The summed E-state index contributed by atoms with van der Waals surface area (Å²) in [7, 11) is 0. The summed E-state index contributed by atoms with van der Waals surface area (Å²) in [5, 5.41) is 13.7. The maximum atomic E-state index is 11.0. The summed E-state index contributed by atoms with van der Waals surface area (Å²) in [6.45, 7) is 1.81. The number of anilines is 1. The Morgan fingerprint density at radius 1 is 1.50 bits per heavy atom. The van der Waals surface area contributed by atoms with Crippen molar-refractivity contribution < 1.29 is 9.90 Å². The van der Waals surface area contributed by atoms with Crippen molar-refractivity contribution >= 4 is 22.6 Å². The Morgan fingerprint density at radius 3 is 2.89 bits per heavy atom. The van der Waals surface area contributed by atoms with Gasteiger partial charge >= 0.3 is 5.97 Å². The quantitative estimate of drug-likeness (QED) is 0.808. The number of rotatable bonds is 3. The largest absolute Gasteiger partial charge is 0.477 e. The lowest BCUT2D eigenvalue weighted by molar-refractivity contribution is 0.0691. The number of carbonyl (C=O) groups is 1. The van der Waals surface area contributed by atoms with Crippen molar-refractivity contribution in [1.29, 1.82) is 0 Å². The lowest BCUT2D eigenvalue weighted by Crippen LogP contribution is -2.15. The molecule has 18 heavy (non-hydrogen) atoms. The van der Waals surface area contributed by atoms with Gasteiger partial charge in [-0.05, 0) is 18.4 Å². The summed E-state index contributed by atoms with van der Waals surface area (Å²) in [5.41, 5.74) is 0.000390. The zero-order valence-corrected chi connectivity index (χ0v) is 9.84. The maximum absolute atomic E-state index is 11.0. The first-order chi connectivity index (χ1) is 8.61. The van der Waals surface area contributed by atoms with Gasteiger partial charge in [-0.2, -0.15) is 0 Å². The highest BCUT2D eigenvalue weighted by atomic mass is 16.4. The third-order valence-corrected chi connectivity index (χ3v) is 2.56. The molecule has 2 rings (SSSR count). The highest BCUT2D eigenvalue weighted by Crippen LogP contribution is 2.23. The van der Waals surface area contributed by atoms with Crippen LogP contribution in [0, 0.1) is 12.3 Å². The van der Waals surface area contributed by atoms with Crippen molar-refractivity contribution in [3.05, 3.63) is 36.0 Å². The number of fused-ring (bicyclic) bond motifs is 1. The van der Waals surface area contributed by atoms with Crippen LogP contribution in [-0.4, -0.2) is 22.1 Å². The first-order valence-corrected chi connectivity index (χ1v) is 5.47. The molecule has 1 heterocycles. The molecule has 4 nitrogen and oxygen atoms in total. The minimum atomic E-state index is -1.06. The number of nitrogens with one attached hydrogen (secondary N) is 1. The summed E-state index contributed by atoms with van der Waals surface area (Å²) in [5.74, 6) is 1.97. The second-order valence-corrected chi connectivity index (χ2v) is 3.92. The van der Waals surface area contributed by atoms with Crippen LogP contribution in [0.15, 0.2) is 30.3 Å². The Morgan fingerprint density at radius 2 is 2.22 bits per heavy atom. The number of benzene rings is 1. The number of hydrogen-bond donors (Lipinski definition) is 2. The summed E-state index contributed by atoms with van der Waals surface area (Å²) in [6, 6.07) is 8.77. The third-order valence-electron chi connectivity index (χ3n) is 2.56. The van der Waals surface area contributed by atoms with Gasteiger partial charge in [-0.25, -0.2) is 9.78 Å². The Kier molecular flexibility index (Phi) is 3.16. The molecular formula is C14H12N2O2. The molecule has 0 saturated heterocycles. The summed E-state index contributed by atoms with van der Waals surface area (Å²) < 4.78 is 0. The Bertz CT molecular complexity index is 644. The first kappa shape index (κ1) is 11.9. The van der Waals surface area contributed by atoms with Crippen LogP contribution in [0.4, 0.5) is 5.82 Å². The van der Waals surface area contributed by atoms with Gasteiger partial charge in [0.1, 0.15) is 5.82 Å². The monoisotopic (exact) mass is 240 g/mol. The van der Waals surface area contributed by atoms with Gasteiger partial charge in [0.15, 0.2) is 5.69 Å². The number of carboxylic acids is 1. The third kappa shape index (κ3) is 2.25. The average molecular weight is 240 g/mol. The van der Waals surface area contributed by atoms with E-state index in [1.165, 1.54) is 0 Å². The zero-order valence-electron chi connectivity index (χ0n) is 9.84. The second-order valence-electron chi connectivity index (χ2n) is 3.92. The first-order valence-electron chi connectivity index (χ1n) is 5.47. The Labute approximate surface area is 105 Å². The SMILES string of the molecule is C#CC(C)Nc1nc(C(=O)O)cc2ccccc12. The summed E-state index contributed by atoms with van der Waals surface area (Å²) in [4.78, 5) is 15.1. The number of pyridine rings is 1. The zero-order chi connectivity index (χ0) is 13.1. The van der Waals surface area contributed by atoms with Gasteiger partial charge in [0, 0.05) is 5.39 Å². The maximum Gasteiger partial charge on any atom is 0.354 e.